The minimum Gasteiger partial charge on any atom is -0.497 e. The Labute approximate surface area is 163 Å². The zero-order valence-electron chi connectivity index (χ0n) is 15.5. The predicted octanol–water partition coefficient (Wildman–Crippen LogP) is 4.31. The molecular weight excluding hydrogens is 356 g/mol. The van der Waals surface area contributed by atoms with Gasteiger partial charge in [0.2, 0.25) is 0 Å². The molecule has 0 amide bonds. The fraction of sp³-hybridized carbons (Fsp3) is 0.130. The molecule has 0 aliphatic carbocycles. The van der Waals surface area contributed by atoms with E-state index < -0.39 is 11.9 Å². The lowest BCUT2D eigenvalue weighted by atomic mass is 10.1. The highest BCUT2D eigenvalue weighted by Crippen LogP contribution is 2.19. The largest absolute Gasteiger partial charge is 0.497 e. The van der Waals surface area contributed by atoms with Gasteiger partial charge in [-0.3, -0.25) is 0 Å². The first-order valence-corrected chi connectivity index (χ1v) is 8.83. The molecule has 0 atom stereocenters. The summed E-state index contributed by atoms with van der Waals surface area (Å²) in [5.41, 5.74) is 1.40. The van der Waals surface area contributed by atoms with Crippen LogP contribution in [0.2, 0.25) is 0 Å². The van der Waals surface area contributed by atoms with Crippen molar-refractivity contribution in [3.05, 3.63) is 95.6 Å². The van der Waals surface area contributed by atoms with Crippen molar-refractivity contribution in [2.45, 2.75) is 6.42 Å². The fourth-order valence-corrected chi connectivity index (χ4v) is 2.63. The van der Waals surface area contributed by atoms with Gasteiger partial charge in [-0.25, -0.2) is 9.59 Å². The van der Waals surface area contributed by atoms with Gasteiger partial charge in [0.25, 0.3) is 0 Å². The van der Waals surface area contributed by atoms with Gasteiger partial charge < -0.3 is 14.2 Å². The molecule has 0 saturated heterocycles. The van der Waals surface area contributed by atoms with Crippen LogP contribution < -0.4 is 9.47 Å². The van der Waals surface area contributed by atoms with E-state index in [1.54, 1.807) is 55.6 Å². The maximum absolute atomic E-state index is 12.5. The summed E-state index contributed by atoms with van der Waals surface area (Å²) >= 11 is 0. The fourth-order valence-electron chi connectivity index (χ4n) is 2.63. The van der Waals surface area contributed by atoms with E-state index in [9.17, 15) is 9.59 Å². The maximum atomic E-state index is 12.5. The molecule has 3 aromatic carbocycles. The third kappa shape index (κ3) is 4.98. The van der Waals surface area contributed by atoms with Crippen LogP contribution >= 0.6 is 0 Å². The van der Waals surface area contributed by atoms with Crippen LogP contribution in [0.1, 0.15) is 26.3 Å². The highest BCUT2D eigenvalue weighted by molar-refractivity contribution is 6.03. The molecule has 0 saturated carbocycles. The first-order chi connectivity index (χ1) is 13.7. The van der Waals surface area contributed by atoms with E-state index in [2.05, 4.69) is 0 Å². The molecule has 0 fully saturated rings. The number of hydrogen-bond acceptors (Lipinski definition) is 5. The van der Waals surface area contributed by atoms with Crippen molar-refractivity contribution in [2.75, 3.05) is 13.7 Å². The summed E-state index contributed by atoms with van der Waals surface area (Å²) in [5.74, 6) is -0.167. The average molecular weight is 376 g/mol. The summed E-state index contributed by atoms with van der Waals surface area (Å²) in [4.78, 5) is 25.0. The zero-order chi connectivity index (χ0) is 19.8. The van der Waals surface area contributed by atoms with E-state index in [4.69, 9.17) is 14.2 Å². The molecule has 0 N–H and O–H groups in total. The molecule has 0 radical (unpaired) electrons. The lowest BCUT2D eigenvalue weighted by Gasteiger charge is -2.10. The Morgan fingerprint density at radius 3 is 1.93 bits per heavy atom. The predicted molar refractivity (Wildman–Crippen MR) is 105 cm³/mol. The lowest BCUT2D eigenvalue weighted by Crippen LogP contribution is -2.16. The second-order valence-corrected chi connectivity index (χ2v) is 5.98. The molecule has 28 heavy (non-hydrogen) atoms. The van der Waals surface area contributed by atoms with Crippen molar-refractivity contribution in [2.24, 2.45) is 0 Å². The molecule has 0 aliphatic heterocycles. The van der Waals surface area contributed by atoms with E-state index in [0.29, 0.717) is 17.9 Å². The number of esters is 2. The maximum Gasteiger partial charge on any atom is 0.344 e. The molecule has 3 aromatic rings. The summed E-state index contributed by atoms with van der Waals surface area (Å²) in [7, 11) is 1.56. The van der Waals surface area contributed by atoms with E-state index >= 15 is 0 Å². The van der Waals surface area contributed by atoms with Crippen LogP contribution in [-0.2, 0) is 11.2 Å². The zero-order valence-corrected chi connectivity index (χ0v) is 15.5. The van der Waals surface area contributed by atoms with E-state index in [0.717, 1.165) is 5.56 Å². The summed E-state index contributed by atoms with van der Waals surface area (Å²) in [6, 6.07) is 22.8. The molecule has 0 heterocycles. The third-order valence-corrected chi connectivity index (χ3v) is 4.10. The van der Waals surface area contributed by atoms with Crippen LogP contribution in [0.25, 0.3) is 0 Å². The highest BCUT2D eigenvalue weighted by atomic mass is 16.5. The van der Waals surface area contributed by atoms with Crippen molar-refractivity contribution in [1.82, 2.24) is 0 Å². The second kappa shape index (κ2) is 9.37. The molecule has 0 unspecified atom stereocenters. The molecule has 0 bridgehead atoms. The Morgan fingerprint density at radius 2 is 1.29 bits per heavy atom. The van der Waals surface area contributed by atoms with Crippen molar-refractivity contribution < 1.29 is 23.8 Å². The Kier molecular flexibility index (Phi) is 6.41. The molecule has 142 valence electrons. The third-order valence-electron chi connectivity index (χ3n) is 4.10. The number of hydrogen-bond donors (Lipinski definition) is 0. The van der Waals surface area contributed by atoms with Gasteiger partial charge in [0.1, 0.15) is 11.5 Å². The van der Waals surface area contributed by atoms with Crippen LogP contribution in [0.15, 0.2) is 78.9 Å². The van der Waals surface area contributed by atoms with E-state index in [-0.39, 0.29) is 17.7 Å². The Balaban J connectivity index is 1.65. The van der Waals surface area contributed by atoms with Crippen LogP contribution in [0, 0.1) is 0 Å². The van der Waals surface area contributed by atoms with Gasteiger partial charge in [-0.15, -0.1) is 0 Å². The van der Waals surface area contributed by atoms with Gasteiger partial charge in [-0.1, -0.05) is 42.5 Å². The van der Waals surface area contributed by atoms with Crippen molar-refractivity contribution in [3.63, 3.8) is 0 Å². The quantitative estimate of drug-likeness (QED) is 0.454. The molecule has 5 nitrogen and oxygen atoms in total. The van der Waals surface area contributed by atoms with Crippen LogP contribution in [0.3, 0.4) is 0 Å². The Bertz CT molecular complexity index is 933. The topological polar surface area (TPSA) is 61.8 Å². The van der Waals surface area contributed by atoms with Crippen LogP contribution in [0.4, 0.5) is 0 Å². The SMILES string of the molecule is COc1ccc(OC(=O)c2ccccc2C(=O)OCCc2ccccc2)cc1. The van der Waals surface area contributed by atoms with Gasteiger partial charge >= 0.3 is 11.9 Å². The molecule has 3 rings (SSSR count). The molecule has 5 heteroatoms. The number of rotatable bonds is 7. The van der Waals surface area contributed by atoms with Crippen LogP contribution in [0.5, 0.6) is 11.5 Å². The smallest absolute Gasteiger partial charge is 0.344 e. The Hall–Kier alpha value is -3.60. The minimum absolute atomic E-state index is 0.156. The van der Waals surface area contributed by atoms with Crippen molar-refractivity contribution in [3.8, 4) is 11.5 Å². The highest BCUT2D eigenvalue weighted by Gasteiger charge is 2.19. The molecular formula is C23H20O5. The number of carbonyl (C=O) groups is 2. The number of benzene rings is 3. The van der Waals surface area contributed by atoms with Gasteiger partial charge in [0.15, 0.2) is 0 Å². The van der Waals surface area contributed by atoms with Gasteiger partial charge in [-0.05, 0) is 42.0 Å². The average Bonchev–Trinajstić information content (AvgIpc) is 2.75. The first kappa shape index (κ1) is 19.2. The normalized spacial score (nSPS) is 10.2. The van der Waals surface area contributed by atoms with Gasteiger partial charge in [0.05, 0.1) is 24.8 Å². The number of methoxy groups -OCH3 is 1. The van der Waals surface area contributed by atoms with Gasteiger partial charge in [0, 0.05) is 6.42 Å². The number of carbonyl (C=O) groups excluding carboxylic acids is 2. The first-order valence-electron chi connectivity index (χ1n) is 8.83. The summed E-state index contributed by atoms with van der Waals surface area (Å²) < 4.78 is 15.8. The summed E-state index contributed by atoms with van der Waals surface area (Å²) in [6.45, 7) is 0.227. The number of ether oxygens (including phenoxy) is 3. The minimum atomic E-state index is -0.624. The van der Waals surface area contributed by atoms with Gasteiger partial charge in [-0.2, -0.15) is 0 Å². The second-order valence-electron chi connectivity index (χ2n) is 5.98. The Morgan fingerprint density at radius 1 is 0.714 bits per heavy atom. The van der Waals surface area contributed by atoms with E-state index in [1.807, 2.05) is 30.3 Å². The van der Waals surface area contributed by atoms with Crippen LogP contribution in [-0.4, -0.2) is 25.7 Å². The van der Waals surface area contributed by atoms with Crippen molar-refractivity contribution in [1.29, 1.82) is 0 Å². The van der Waals surface area contributed by atoms with Crippen molar-refractivity contribution >= 4 is 11.9 Å². The monoisotopic (exact) mass is 376 g/mol. The lowest BCUT2D eigenvalue weighted by molar-refractivity contribution is 0.0500. The summed E-state index contributed by atoms with van der Waals surface area (Å²) in [5, 5.41) is 0. The summed E-state index contributed by atoms with van der Waals surface area (Å²) in [6.07, 6.45) is 0.602. The van der Waals surface area contributed by atoms with E-state index in [1.165, 1.54) is 0 Å². The molecule has 0 spiro atoms. The standard InChI is InChI=1S/C23H20O5/c1-26-18-11-13-19(14-12-18)28-23(25)21-10-6-5-9-20(21)22(24)27-16-15-17-7-3-2-4-8-17/h2-14H,15-16H2,1H3. The molecule has 0 aliphatic rings. The molecule has 0 aromatic heterocycles.